The predicted octanol–water partition coefficient (Wildman–Crippen LogP) is 3.62. The number of rotatable bonds is 4. The third-order valence-corrected chi connectivity index (χ3v) is 4.85. The van der Waals surface area contributed by atoms with Crippen LogP contribution >= 0.6 is 0 Å². The summed E-state index contributed by atoms with van der Waals surface area (Å²) in [5, 5.41) is 11.5. The van der Waals surface area contributed by atoms with E-state index in [1.165, 1.54) is 6.42 Å². The van der Waals surface area contributed by atoms with Gasteiger partial charge in [-0.2, -0.15) is 5.26 Å². The molecule has 1 amide bonds. The first-order chi connectivity index (χ1) is 13.7. The van der Waals surface area contributed by atoms with Crippen LogP contribution in [-0.2, 0) is 13.0 Å². The van der Waals surface area contributed by atoms with Crippen molar-refractivity contribution in [2.75, 3.05) is 11.9 Å². The summed E-state index contributed by atoms with van der Waals surface area (Å²) >= 11 is 0. The fourth-order valence-corrected chi connectivity index (χ4v) is 3.54. The molecule has 1 N–H and O–H groups in total. The van der Waals surface area contributed by atoms with Crippen LogP contribution in [-0.4, -0.2) is 27.0 Å². The molecule has 7 nitrogen and oxygen atoms in total. The zero-order valence-electron chi connectivity index (χ0n) is 15.7. The summed E-state index contributed by atoms with van der Waals surface area (Å²) in [6.45, 7) is 2.78. The van der Waals surface area contributed by atoms with Crippen LogP contribution in [0.3, 0.4) is 0 Å². The Labute approximate surface area is 163 Å². The number of fused-ring (bicyclic) bond motifs is 3. The Morgan fingerprint density at radius 1 is 1.25 bits per heavy atom. The molecule has 2 aromatic heterocycles. The van der Waals surface area contributed by atoms with E-state index in [2.05, 4.69) is 14.9 Å². The molecule has 1 aliphatic rings. The predicted molar refractivity (Wildman–Crippen MR) is 105 cm³/mol. The number of aromatic nitrogens is 3. The Bertz CT molecular complexity index is 1060. The summed E-state index contributed by atoms with van der Waals surface area (Å²) in [6.07, 6.45) is 4.33. The molecule has 0 bridgehead atoms. The number of carbonyl (C=O) groups is 1. The lowest BCUT2D eigenvalue weighted by molar-refractivity contribution is 0.102. The second kappa shape index (κ2) is 7.69. The summed E-state index contributed by atoms with van der Waals surface area (Å²) in [5.41, 5.74) is 3.44. The number of nitrogens with zero attached hydrogens (tertiary/aromatic N) is 4. The second-order valence-corrected chi connectivity index (χ2v) is 6.90. The van der Waals surface area contributed by atoms with E-state index in [1.54, 1.807) is 30.3 Å². The highest BCUT2D eigenvalue weighted by Crippen LogP contribution is 2.25. The SMILES string of the molecule is Cc1cc(C(=O)Nc2ccc(OCC#N)cc2)c2nc3n(c2n1)CCCCC3. The smallest absolute Gasteiger partial charge is 0.258 e. The van der Waals surface area contributed by atoms with Gasteiger partial charge in [0.2, 0.25) is 0 Å². The number of hydrogen-bond donors (Lipinski definition) is 1. The number of aryl methyl sites for hydroxylation is 3. The number of imidazole rings is 1. The van der Waals surface area contributed by atoms with Crippen LogP contribution in [0.2, 0.25) is 0 Å². The first-order valence-electron chi connectivity index (χ1n) is 9.43. The quantitative estimate of drug-likeness (QED) is 0.752. The van der Waals surface area contributed by atoms with Crippen molar-refractivity contribution in [1.82, 2.24) is 14.5 Å². The molecule has 1 aromatic carbocycles. The molecule has 0 fully saturated rings. The lowest BCUT2D eigenvalue weighted by Gasteiger charge is -2.09. The fourth-order valence-electron chi connectivity index (χ4n) is 3.54. The van der Waals surface area contributed by atoms with Crippen molar-refractivity contribution in [3.63, 3.8) is 0 Å². The van der Waals surface area contributed by atoms with Crippen LogP contribution in [0.5, 0.6) is 5.75 Å². The molecular formula is C21H21N5O2. The number of carbonyl (C=O) groups excluding carboxylic acids is 1. The van der Waals surface area contributed by atoms with Gasteiger partial charge in [-0.15, -0.1) is 0 Å². The highest BCUT2D eigenvalue weighted by Gasteiger charge is 2.20. The van der Waals surface area contributed by atoms with Gasteiger partial charge in [0.25, 0.3) is 5.91 Å². The number of pyridine rings is 1. The molecule has 142 valence electrons. The Kier molecular flexibility index (Phi) is 4.94. The van der Waals surface area contributed by atoms with Crippen LogP contribution < -0.4 is 10.1 Å². The van der Waals surface area contributed by atoms with Gasteiger partial charge in [-0.05, 0) is 50.1 Å². The minimum Gasteiger partial charge on any atom is -0.479 e. The van der Waals surface area contributed by atoms with Crippen LogP contribution in [0.4, 0.5) is 5.69 Å². The van der Waals surface area contributed by atoms with E-state index in [-0.39, 0.29) is 12.5 Å². The van der Waals surface area contributed by atoms with Crippen molar-refractivity contribution < 1.29 is 9.53 Å². The average Bonchev–Trinajstić information content (AvgIpc) is 2.87. The third-order valence-electron chi connectivity index (χ3n) is 4.85. The van der Waals surface area contributed by atoms with Gasteiger partial charge >= 0.3 is 0 Å². The minimum absolute atomic E-state index is 0.00896. The lowest BCUT2D eigenvalue weighted by atomic mass is 10.1. The maximum absolute atomic E-state index is 13.0. The molecule has 1 aliphatic heterocycles. The van der Waals surface area contributed by atoms with E-state index in [4.69, 9.17) is 15.0 Å². The number of nitriles is 1. The molecule has 0 radical (unpaired) electrons. The number of hydrogen-bond acceptors (Lipinski definition) is 5. The van der Waals surface area contributed by atoms with Crippen LogP contribution in [0.1, 0.15) is 41.1 Å². The summed E-state index contributed by atoms with van der Waals surface area (Å²) in [6, 6.07) is 10.7. The van der Waals surface area contributed by atoms with Crippen molar-refractivity contribution in [3.05, 3.63) is 47.4 Å². The number of ether oxygens (including phenoxy) is 1. The third kappa shape index (κ3) is 3.54. The van der Waals surface area contributed by atoms with Gasteiger partial charge in [0.1, 0.15) is 23.2 Å². The van der Waals surface area contributed by atoms with E-state index in [0.717, 1.165) is 43.0 Å². The molecule has 0 atom stereocenters. The number of anilines is 1. The largest absolute Gasteiger partial charge is 0.479 e. The van der Waals surface area contributed by atoms with Crippen molar-refractivity contribution in [3.8, 4) is 11.8 Å². The molecule has 0 aliphatic carbocycles. The molecule has 0 saturated heterocycles. The molecule has 7 heteroatoms. The van der Waals surface area contributed by atoms with E-state index in [1.807, 2.05) is 13.0 Å². The summed E-state index contributed by atoms with van der Waals surface area (Å²) in [5.74, 6) is 1.38. The number of nitrogens with one attached hydrogen (secondary N) is 1. The van der Waals surface area contributed by atoms with Gasteiger partial charge < -0.3 is 14.6 Å². The lowest BCUT2D eigenvalue weighted by Crippen LogP contribution is -2.13. The zero-order chi connectivity index (χ0) is 19.5. The number of amides is 1. The average molecular weight is 375 g/mol. The van der Waals surface area contributed by atoms with Gasteiger partial charge in [0, 0.05) is 24.3 Å². The van der Waals surface area contributed by atoms with E-state index in [0.29, 0.717) is 22.5 Å². The Hall–Kier alpha value is -3.40. The molecule has 28 heavy (non-hydrogen) atoms. The standard InChI is InChI=1S/C21H21N5O2/c1-14-13-17(19-20(23-14)26-11-4-2-3-5-18(26)25-19)21(27)24-15-6-8-16(9-7-15)28-12-10-22/h6-9,13H,2-5,11-12H2,1H3,(H,24,27). The fraction of sp³-hybridized carbons (Fsp3) is 0.333. The summed E-state index contributed by atoms with van der Waals surface area (Å²) < 4.78 is 7.40. The highest BCUT2D eigenvalue weighted by molar-refractivity contribution is 6.11. The van der Waals surface area contributed by atoms with E-state index >= 15 is 0 Å². The number of benzene rings is 1. The summed E-state index contributed by atoms with van der Waals surface area (Å²) in [4.78, 5) is 22.4. The molecule has 0 unspecified atom stereocenters. The van der Waals surface area contributed by atoms with Crippen molar-refractivity contribution in [2.45, 2.75) is 39.2 Å². The maximum Gasteiger partial charge on any atom is 0.258 e. The first kappa shape index (κ1) is 18.0. The molecule has 3 aromatic rings. The van der Waals surface area contributed by atoms with Crippen molar-refractivity contribution in [2.24, 2.45) is 0 Å². The Morgan fingerprint density at radius 2 is 2.07 bits per heavy atom. The van der Waals surface area contributed by atoms with E-state index in [9.17, 15) is 4.79 Å². The molecular weight excluding hydrogens is 354 g/mol. The van der Waals surface area contributed by atoms with Gasteiger partial charge in [-0.1, -0.05) is 6.42 Å². The Balaban J connectivity index is 1.63. The molecule has 3 heterocycles. The first-order valence-corrected chi connectivity index (χ1v) is 9.43. The minimum atomic E-state index is -0.213. The van der Waals surface area contributed by atoms with Gasteiger partial charge in [-0.3, -0.25) is 4.79 Å². The topological polar surface area (TPSA) is 92.8 Å². The van der Waals surface area contributed by atoms with Crippen molar-refractivity contribution in [1.29, 1.82) is 5.26 Å². The molecule has 4 rings (SSSR count). The Morgan fingerprint density at radius 3 is 2.86 bits per heavy atom. The normalized spacial score (nSPS) is 13.4. The molecule has 0 saturated carbocycles. The monoisotopic (exact) mass is 375 g/mol. The van der Waals surface area contributed by atoms with E-state index < -0.39 is 0 Å². The maximum atomic E-state index is 13.0. The van der Waals surface area contributed by atoms with Crippen LogP contribution in [0.25, 0.3) is 11.2 Å². The van der Waals surface area contributed by atoms with Gasteiger partial charge in [-0.25, -0.2) is 9.97 Å². The van der Waals surface area contributed by atoms with Crippen molar-refractivity contribution >= 4 is 22.8 Å². The van der Waals surface area contributed by atoms with Gasteiger partial charge in [0.05, 0.1) is 5.56 Å². The van der Waals surface area contributed by atoms with Gasteiger partial charge in [0.15, 0.2) is 12.3 Å². The second-order valence-electron chi connectivity index (χ2n) is 6.90. The van der Waals surface area contributed by atoms with Crippen LogP contribution in [0, 0.1) is 18.3 Å². The zero-order valence-corrected chi connectivity index (χ0v) is 15.7. The highest BCUT2D eigenvalue weighted by atomic mass is 16.5. The summed E-state index contributed by atoms with van der Waals surface area (Å²) in [7, 11) is 0. The van der Waals surface area contributed by atoms with Crippen LogP contribution in [0.15, 0.2) is 30.3 Å². The molecule has 0 spiro atoms.